The van der Waals surface area contributed by atoms with Gasteiger partial charge in [-0.15, -0.1) is 0 Å². The Morgan fingerprint density at radius 2 is 1.87 bits per heavy atom. The Morgan fingerprint density at radius 1 is 1.19 bits per heavy atom. The molecule has 3 aromatic rings. The Labute approximate surface area is 176 Å². The lowest BCUT2D eigenvalue weighted by Crippen LogP contribution is -2.24. The number of nitrogens with one attached hydrogen (secondary N) is 1. The highest BCUT2D eigenvalue weighted by atomic mass is 35.5. The Bertz CT molecular complexity index is 1150. The number of nitrogens with zero attached hydrogens (tertiary/aromatic N) is 4. The van der Waals surface area contributed by atoms with Crippen LogP contribution < -0.4 is 10.9 Å². The summed E-state index contributed by atoms with van der Waals surface area (Å²) in [5.74, 6) is -0.155. The second-order valence-electron chi connectivity index (χ2n) is 6.24. The molecule has 0 aliphatic rings. The van der Waals surface area contributed by atoms with Crippen molar-refractivity contribution in [3.63, 3.8) is 0 Å². The number of alkyl halides is 3. The number of non-ortho nitro benzene ring substituents is 1. The second kappa shape index (κ2) is 8.70. The molecule has 1 atom stereocenters. The van der Waals surface area contributed by atoms with Gasteiger partial charge in [-0.25, -0.2) is 4.98 Å². The fourth-order valence-corrected chi connectivity index (χ4v) is 2.74. The minimum atomic E-state index is -4.57. The quantitative estimate of drug-likeness (QED) is 0.431. The molecule has 0 bridgehead atoms. The summed E-state index contributed by atoms with van der Waals surface area (Å²) in [6.45, 7) is -0.0960. The zero-order valence-corrected chi connectivity index (χ0v) is 16.1. The van der Waals surface area contributed by atoms with E-state index in [-0.39, 0.29) is 28.8 Å². The highest BCUT2D eigenvalue weighted by molar-refractivity contribution is 6.32. The maximum Gasteiger partial charge on any atom is 0.417 e. The predicted octanol–water partition coefficient (Wildman–Crippen LogP) is 3.35. The van der Waals surface area contributed by atoms with Crippen LogP contribution in [0, 0.1) is 10.1 Å². The average Bonchev–Trinajstić information content (AvgIpc) is 2.74. The molecular weight excluding hydrogens is 443 g/mol. The van der Waals surface area contributed by atoms with Gasteiger partial charge >= 0.3 is 6.18 Å². The molecule has 3 rings (SSSR count). The van der Waals surface area contributed by atoms with E-state index < -0.39 is 28.3 Å². The van der Waals surface area contributed by atoms with Crippen molar-refractivity contribution in [1.29, 1.82) is 0 Å². The van der Waals surface area contributed by atoms with E-state index in [1.54, 1.807) is 0 Å². The average molecular weight is 456 g/mol. The van der Waals surface area contributed by atoms with Crippen molar-refractivity contribution >= 4 is 23.0 Å². The van der Waals surface area contributed by atoms with Crippen LogP contribution in [0.2, 0.25) is 5.02 Å². The first-order valence-corrected chi connectivity index (χ1v) is 8.93. The third-order valence-corrected chi connectivity index (χ3v) is 4.55. The Balaban J connectivity index is 1.74. The number of pyridine rings is 1. The zero-order valence-electron chi connectivity index (χ0n) is 15.4. The molecule has 1 aromatic carbocycles. The summed E-state index contributed by atoms with van der Waals surface area (Å²) in [4.78, 5) is 26.1. The van der Waals surface area contributed by atoms with Gasteiger partial charge in [0.15, 0.2) is 5.82 Å². The molecule has 2 N–H and O–H groups in total. The van der Waals surface area contributed by atoms with Crippen molar-refractivity contribution in [2.75, 3.05) is 11.9 Å². The molecule has 0 aliphatic carbocycles. The number of anilines is 1. The largest absolute Gasteiger partial charge is 0.417 e. The number of rotatable bonds is 6. The molecule has 2 aromatic heterocycles. The predicted molar refractivity (Wildman–Crippen MR) is 104 cm³/mol. The maximum atomic E-state index is 12.6. The molecule has 0 spiro atoms. The summed E-state index contributed by atoms with van der Waals surface area (Å²) >= 11 is 6.04. The summed E-state index contributed by atoms with van der Waals surface area (Å²) in [6.07, 6.45) is -3.91. The van der Waals surface area contributed by atoms with Gasteiger partial charge in [0, 0.05) is 24.9 Å². The van der Waals surface area contributed by atoms with E-state index in [4.69, 9.17) is 11.6 Å². The number of aromatic nitrogens is 3. The molecule has 13 heteroatoms. The number of hydrogen-bond donors (Lipinski definition) is 2. The van der Waals surface area contributed by atoms with Crippen LogP contribution in [0.1, 0.15) is 17.2 Å². The second-order valence-corrected chi connectivity index (χ2v) is 6.62. The monoisotopic (exact) mass is 455 g/mol. The van der Waals surface area contributed by atoms with Crippen molar-refractivity contribution < 1.29 is 23.2 Å². The molecule has 0 saturated carbocycles. The van der Waals surface area contributed by atoms with Gasteiger partial charge in [0.25, 0.3) is 11.2 Å². The Kier molecular flexibility index (Phi) is 6.22. The molecule has 0 fully saturated rings. The highest BCUT2D eigenvalue weighted by Crippen LogP contribution is 2.28. The molecule has 31 heavy (non-hydrogen) atoms. The van der Waals surface area contributed by atoms with Crippen LogP contribution in [0.5, 0.6) is 0 Å². The molecule has 2 heterocycles. The van der Waals surface area contributed by atoms with Gasteiger partial charge < -0.3 is 10.4 Å². The van der Waals surface area contributed by atoms with E-state index in [1.807, 2.05) is 0 Å². The number of hydrogen-bond acceptors (Lipinski definition) is 7. The first kappa shape index (κ1) is 22.2. The summed E-state index contributed by atoms with van der Waals surface area (Å²) in [5, 5.41) is 27.2. The van der Waals surface area contributed by atoms with Crippen LogP contribution >= 0.6 is 11.6 Å². The van der Waals surface area contributed by atoms with Gasteiger partial charge in [-0.2, -0.15) is 23.0 Å². The van der Waals surface area contributed by atoms with Gasteiger partial charge in [-0.1, -0.05) is 11.6 Å². The lowest BCUT2D eigenvalue weighted by molar-refractivity contribution is -0.384. The molecule has 162 valence electrons. The number of nitro groups is 1. The van der Waals surface area contributed by atoms with Crippen LogP contribution in [0.25, 0.3) is 5.82 Å². The van der Waals surface area contributed by atoms with Gasteiger partial charge in [0.1, 0.15) is 5.02 Å². The van der Waals surface area contributed by atoms with Gasteiger partial charge in [-0.3, -0.25) is 14.9 Å². The number of halogens is 4. The third-order valence-electron chi connectivity index (χ3n) is 4.19. The van der Waals surface area contributed by atoms with Gasteiger partial charge in [0.05, 0.1) is 28.5 Å². The number of benzene rings is 1. The van der Waals surface area contributed by atoms with E-state index >= 15 is 0 Å². The Hall–Kier alpha value is -3.51. The van der Waals surface area contributed by atoms with Crippen molar-refractivity contribution in [1.82, 2.24) is 14.8 Å². The first-order valence-electron chi connectivity index (χ1n) is 8.55. The van der Waals surface area contributed by atoms with E-state index in [0.717, 1.165) is 23.0 Å². The van der Waals surface area contributed by atoms with Gasteiger partial charge in [0.2, 0.25) is 0 Å². The van der Waals surface area contributed by atoms with Crippen LogP contribution in [-0.4, -0.2) is 31.3 Å². The number of aliphatic hydroxyl groups excluding tert-OH is 1. The minimum Gasteiger partial charge on any atom is -0.387 e. The maximum absolute atomic E-state index is 12.6. The van der Waals surface area contributed by atoms with Crippen LogP contribution in [0.3, 0.4) is 0 Å². The summed E-state index contributed by atoms with van der Waals surface area (Å²) in [7, 11) is 0. The summed E-state index contributed by atoms with van der Waals surface area (Å²) in [6, 6.07) is 7.00. The fourth-order valence-electron chi connectivity index (χ4n) is 2.54. The lowest BCUT2D eigenvalue weighted by Gasteiger charge is -2.14. The van der Waals surface area contributed by atoms with E-state index in [9.17, 15) is 33.2 Å². The highest BCUT2D eigenvalue weighted by Gasteiger charge is 2.30. The molecule has 9 nitrogen and oxygen atoms in total. The molecule has 0 unspecified atom stereocenters. The lowest BCUT2D eigenvalue weighted by atomic mass is 10.1. The standard InChI is InChI=1S/C18H13ClF3N5O4/c19-16-13(23-9-14(28)10-1-4-12(5-2-10)27(30)31)8-25-26(17(16)29)15-6-3-11(7-24-15)18(20,21)22/h1-8,14,23,28H,9H2/t14-/m1/s1. The van der Waals surface area contributed by atoms with Gasteiger partial charge in [-0.05, 0) is 29.8 Å². The number of nitro benzene ring substituents is 1. The zero-order chi connectivity index (χ0) is 22.8. The molecule has 0 amide bonds. The number of aliphatic hydroxyl groups is 1. The molecule has 0 aliphatic heterocycles. The van der Waals surface area contributed by atoms with Crippen LogP contribution in [0.4, 0.5) is 24.5 Å². The topological polar surface area (TPSA) is 123 Å². The van der Waals surface area contributed by atoms with Crippen molar-refractivity contribution in [3.8, 4) is 5.82 Å². The van der Waals surface area contributed by atoms with Crippen molar-refractivity contribution in [2.45, 2.75) is 12.3 Å². The molecule has 0 saturated heterocycles. The summed E-state index contributed by atoms with van der Waals surface area (Å²) < 4.78 is 38.7. The Morgan fingerprint density at radius 3 is 2.42 bits per heavy atom. The van der Waals surface area contributed by atoms with Crippen molar-refractivity contribution in [3.05, 3.63) is 85.4 Å². The molecule has 0 radical (unpaired) electrons. The van der Waals surface area contributed by atoms with E-state index in [0.29, 0.717) is 11.8 Å². The third kappa shape index (κ3) is 4.98. The fraction of sp³-hybridized carbons (Fsp3) is 0.167. The van der Waals surface area contributed by atoms with E-state index in [1.165, 1.54) is 24.3 Å². The van der Waals surface area contributed by atoms with Crippen LogP contribution in [-0.2, 0) is 6.18 Å². The normalized spacial score (nSPS) is 12.4. The smallest absolute Gasteiger partial charge is 0.387 e. The van der Waals surface area contributed by atoms with Crippen LogP contribution in [0.15, 0.2) is 53.6 Å². The minimum absolute atomic E-state index is 0.0794. The summed E-state index contributed by atoms with van der Waals surface area (Å²) in [5.41, 5.74) is -1.46. The van der Waals surface area contributed by atoms with E-state index in [2.05, 4.69) is 15.4 Å². The first-order chi connectivity index (χ1) is 14.6. The molecular formula is C18H13ClF3N5O4. The SMILES string of the molecule is O=c1c(Cl)c(NC[C@@H](O)c2ccc([N+](=O)[O-])cc2)cnn1-c1ccc(C(F)(F)F)cn1. The van der Waals surface area contributed by atoms with Crippen molar-refractivity contribution in [2.24, 2.45) is 0 Å².